The van der Waals surface area contributed by atoms with E-state index in [-0.39, 0.29) is 18.1 Å². The van der Waals surface area contributed by atoms with Gasteiger partial charge in [-0.25, -0.2) is 4.79 Å². The van der Waals surface area contributed by atoms with Gasteiger partial charge < -0.3 is 4.74 Å². The van der Waals surface area contributed by atoms with Crippen molar-refractivity contribution in [2.45, 2.75) is 22.8 Å². The topological polar surface area (TPSA) is 29.5 Å². The van der Waals surface area contributed by atoms with Gasteiger partial charge in [-0.2, -0.15) is 0 Å². The second kappa shape index (κ2) is 5.26. The maximum absolute atomic E-state index is 12.1. The number of fused-ring (bicyclic) bond motifs is 3. The van der Waals surface area contributed by atoms with Crippen molar-refractivity contribution in [3.05, 3.63) is 65.2 Å². The van der Waals surface area contributed by atoms with E-state index in [1.165, 1.54) is 16.7 Å². The normalized spacial score (nSPS) is 26.4. The summed E-state index contributed by atoms with van der Waals surface area (Å²) in [5.41, 5.74) is 4.74. The van der Waals surface area contributed by atoms with Gasteiger partial charge in [-0.15, -0.1) is 0 Å². The third kappa shape index (κ3) is 2.04. The minimum Gasteiger partial charge on any atom is -0.447 e. The van der Waals surface area contributed by atoms with E-state index in [2.05, 4.69) is 72.0 Å². The van der Waals surface area contributed by atoms with Crippen LogP contribution in [0.1, 0.15) is 22.6 Å². The highest BCUT2D eigenvalue weighted by atomic mass is 127. The van der Waals surface area contributed by atoms with Gasteiger partial charge >= 0.3 is 6.09 Å². The van der Waals surface area contributed by atoms with Crippen LogP contribution in [-0.4, -0.2) is 22.7 Å². The minimum absolute atomic E-state index is 0.105. The Kier molecular flexibility index (Phi) is 3.36. The van der Waals surface area contributed by atoms with Crippen LogP contribution in [0.3, 0.4) is 0 Å². The van der Waals surface area contributed by atoms with Crippen molar-refractivity contribution < 1.29 is 9.53 Å². The molecule has 2 heterocycles. The van der Waals surface area contributed by atoms with Gasteiger partial charge in [0.25, 0.3) is 0 Å². The quantitative estimate of drug-likeness (QED) is 0.524. The molecular weight excluding hydrogens is 389 g/mol. The first-order valence-corrected chi connectivity index (χ1v) is 8.67. The van der Waals surface area contributed by atoms with Gasteiger partial charge in [0.15, 0.2) is 0 Å². The van der Waals surface area contributed by atoms with Crippen molar-refractivity contribution >= 4 is 34.4 Å². The summed E-state index contributed by atoms with van der Waals surface area (Å²) in [6.07, 6.45) is -0.219. The molecule has 2 aliphatic rings. The number of alkyl halides is 1. The molecule has 0 spiro atoms. The molecule has 0 N–H and O–H groups in total. The number of carbonyl (C=O) groups excluding carboxylic acids is 1. The van der Waals surface area contributed by atoms with E-state index in [0.29, 0.717) is 10.5 Å². The zero-order chi connectivity index (χ0) is 15.3. The van der Waals surface area contributed by atoms with Crippen molar-refractivity contribution in [3.8, 4) is 0 Å². The molecule has 0 aliphatic carbocycles. The third-order valence-corrected chi connectivity index (χ3v) is 6.08. The number of hydrogen-bond donors (Lipinski definition) is 0. The molecule has 0 aromatic heterocycles. The highest BCUT2D eigenvalue weighted by Crippen LogP contribution is 2.47. The van der Waals surface area contributed by atoms with E-state index in [9.17, 15) is 4.79 Å². The third-order valence-electron chi connectivity index (χ3n) is 4.53. The molecule has 1 saturated heterocycles. The van der Waals surface area contributed by atoms with Crippen LogP contribution in [0.15, 0.2) is 48.5 Å². The van der Waals surface area contributed by atoms with Crippen LogP contribution < -0.4 is 4.90 Å². The summed E-state index contributed by atoms with van der Waals surface area (Å²) in [6.45, 7) is 2.57. The summed E-state index contributed by atoms with van der Waals surface area (Å²) in [5.74, 6) is 0.285. The van der Waals surface area contributed by atoms with Gasteiger partial charge in [0.05, 0.1) is 11.7 Å². The van der Waals surface area contributed by atoms with Gasteiger partial charge in [0.2, 0.25) is 0 Å². The van der Waals surface area contributed by atoms with Crippen molar-refractivity contribution in [1.29, 1.82) is 0 Å². The summed E-state index contributed by atoms with van der Waals surface area (Å²) in [6, 6.07) is 17.0. The van der Waals surface area contributed by atoms with E-state index >= 15 is 0 Å². The molecule has 0 radical (unpaired) electrons. The molecule has 2 aromatic carbocycles. The first kappa shape index (κ1) is 14.1. The summed E-state index contributed by atoms with van der Waals surface area (Å²) in [4.78, 5) is 14.0. The molecule has 112 valence electrons. The molecule has 0 bridgehead atoms. The fourth-order valence-electron chi connectivity index (χ4n) is 3.51. The van der Waals surface area contributed by atoms with Gasteiger partial charge in [0.1, 0.15) is 6.61 Å². The van der Waals surface area contributed by atoms with Crippen molar-refractivity contribution in [2.75, 3.05) is 11.5 Å². The Morgan fingerprint density at radius 3 is 2.73 bits per heavy atom. The molecule has 1 fully saturated rings. The average molecular weight is 405 g/mol. The van der Waals surface area contributed by atoms with Crippen LogP contribution in [0.4, 0.5) is 10.5 Å². The lowest BCUT2D eigenvalue weighted by Gasteiger charge is -2.39. The Bertz CT molecular complexity index is 731. The maximum atomic E-state index is 12.1. The van der Waals surface area contributed by atoms with Gasteiger partial charge in [-0.3, -0.25) is 4.90 Å². The van der Waals surface area contributed by atoms with E-state index in [1.54, 1.807) is 0 Å². The fourth-order valence-corrected chi connectivity index (χ4v) is 4.84. The highest BCUT2D eigenvalue weighted by molar-refractivity contribution is 14.1. The lowest BCUT2D eigenvalue weighted by molar-refractivity contribution is 0.179. The zero-order valence-electron chi connectivity index (χ0n) is 12.2. The first-order valence-electron chi connectivity index (χ1n) is 7.42. The zero-order valence-corrected chi connectivity index (χ0v) is 14.4. The standard InChI is InChI=1S/C18H16INO2/c1-11-7-8-14-13(9-11)16(12-5-3-2-4-6-12)17(19)15-10-22-18(21)20(14)15/h2-9,15-17H,10H2,1H3/t15-,16-,17-/m1/s1. The van der Waals surface area contributed by atoms with Gasteiger partial charge in [-0.1, -0.05) is 70.6 Å². The molecule has 4 heteroatoms. The Morgan fingerprint density at radius 1 is 1.18 bits per heavy atom. The molecule has 2 aromatic rings. The molecule has 3 atom stereocenters. The number of amides is 1. The van der Waals surface area contributed by atoms with Crippen molar-refractivity contribution in [3.63, 3.8) is 0 Å². The average Bonchev–Trinajstić information content (AvgIpc) is 2.91. The van der Waals surface area contributed by atoms with Crippen LogP contribution >= 0.6 is 22.6 Å². The predicted molar refractivity (Wildman–Crippen MR) is 94.9 cm³/mol. The van der Waals surface area contributed by atoms with Crippen LogP contribution in [0.25, 0.3) is 0 Å². The van der Waals surface area contributed by atoms with Crippen LogP contribution in [0, 0.1) is 6.92 Å². The lowest BCUT2D eigenvalue weighted by Crippen LogP contribution is -2.46. The molecule has 4 rings (SSSR count). The van der Waals surface area contributed by atoms with Crippen LogP contribution in [0.5, 0.6) is 0 Å². The number of benzene rings is 2. The number of anilines is 1. The summed E-state index contributed by atoms with van der Waals surface area (Å²) in [5, 5.41) is 0. The van der Waals surface area contributed by atoms with Crippen LogP contribution in [-0.2, 0) is 4.74 Å². The number of halogens is 1. The molecule has 0 saturated carbocycles. The smallest absolute Gasteiger partial charge is 0.414 e. The number of aryl methyl sites for hydroxylation is 1. The van der Waals surface area contributed by atoms with Crippen molar-refractivity contribution in [2.24, 2.45) is 0 Å². The SMILES string of the molecule is Cc1ccc2c(c1)[C@@H](c1ccccc1)[C@H](I)[C@H]1COC(=O)N21. The Morgan fingerprint density at radius 2 is 1.95 bits per heavy atom. The highest BCUT2D eigenvalue weighted by Gasteiger charge is 2.47. The summed E-state index contributed by atoms with van der Waals surface area (Å²) >= 11 is 2.48. The molecule has 1 amide bonds. The summed E-state index contributed by atoms with van der Waals surface area (Å²) in [7, 11) is 0. The Hall–Kier alpha value is -1.56. The summed E-state index contributed by atoms with van der Waals surface area (Å²) < 4.78 is 5.62. The van der Waals surface area contributed by atoms with Gasteiger partial charge in [-0.05, 0) is 24.1 Å². The van der Waals surface area contributed by atoms with Gasteiger partial charge in [0, 0.05) is 9.84 Å². The Labute approximate surface area is 143 Å². The van der Waals surface area contributed by atoms with E-state index in [0.717, 1.165) is 5.69 Å². The Balaban J connectivity index is 1.93. The molecular formula is C18H16INO2. The lowest BCUT2D eigenvalue weighted by atomic mass is 9.81. The van der Waals surface area contributed by atoms with E-state index in [1.807, 2.05) is 11.0 Å². The largest absolute Gasteiger partial charge is 0.447 e. The number of cyclic esters (lactones) is 1. The van der Waals surface area contributed by atoms with Crippen molar-refractivity contribution in [1.82, 2.24) is 0 Å². The maximum Gasteiger partial charge on any atom is 0.414 e. The molecule has 3 nitrogen and oxygen atoms in total. The van der Waals surface area contributed by atoms with E-state index in [4.69, 9.17) is 4.74 Å². The number of hydrogen-bond acceptors (Lipinski definition) is 2. The number of carbonyl (C=O) groups is 1. The molecule has 2 aliphatic heterocycles. The predicted octanol–water partition coefficient (Wildman–Crippen LogP) is 4.27. The number of nitrogens with zero attached hydrogens (tertiary/aromatic N) is 1. The van der Waals surface area contributed by atoms with E-state index < -0.39 is 0 Å². The number of rotatable bonds is 1. The van der Waals surface area contributed by atoms with Crippen LogP contribution in [0.2, 0.25) is 0 Å². The minimum atomic E-state index is -0.219. The second-order valence-corrected chi connectivity index (χ2v) is 7.35. The number of ether oxygens (including phenoxy) is 1. The fraction of sp³-hybridized carbons (Fsp3) is 0.278. The molecule has 22 heavy (non-hydrogen) atoms. The first-order chi connectivity index (χ1) is 10.7. The molecule has 0 unspecified atom stereocenters. The second-order valence-electron chi connectivity index (χ2n) is 5.91. The monoisotopic (exact) mass is 405 g/mol.